The van der Waals surface area contributed by atoms with Gasteiger partial charge in [0.2, 0.25) is 0 Å². The summed E-state index contributed by atoms with van der Waals surface area (Å²) in [5.41, 5.74) is 12.0. The molecule has 0 saturated heterocycles. The standard InChI is InChI=1S/C14H20N2O2/c15-9-5-6-10(16)12-11(9)13(17)7-3-1-2-4-8(7)14(12)18/h5-12H,1-4,15-16H2. The Morgan fingerprint density at radius 2 is 1.22 bits per heavy atom. The predicted molar refractivity (Wildman–Crippen MR) is 67.5 cm³/mol. The van der Waals surface area contributed by atoms with Crippen LogP contribution in [0.2, 0.25) is 0 Å². The van der Waals surface area contributed by atoms with Gasteiger partial charge in [0.1, 0.15) is 11.6 Å². The zero-order valence-corrected chi connectivity index (χ0v) is 10.4. The van der Waals surface area contributed by atoms with Crippen LogP contribution in [0.4, 0.5) is 0 Å². The zero-order valence-electron chi connectivity index (χ0n) is 10.4. The van der Waals surface area contributed by atoms with Crippen molar-refractivity contribution in [2.75, 3.05) is 0 Å². The van der Waals surface area contributed by atoms with E-state index in [0.29, 0.717) is 0 Å². The molecule has 0 amide bonds. The second-order valence-corrected chi connectivity index (χ2v) is 5.89. The summed E-state index contributed by atoms with van der Waals surface area (Å²) in [7, 11) is 0. The van der Waals surface area contributed by atoms with Crippen LogP contribution in [0.1, 0.15) is 25.7 Å². The number of fused-ring (bicyclic) bond motifs is 2. The third-order valence-corrected chi connectivity index (χ3v) is 4.93. The topological polar surface area (TPSA) is 86.2 Å². The van der Waals surface area contributed by atoms with E-state index in [-0.39, 0.29) is 47.3 Å². The van der Waals surface area contributed by atoms with Crippen LogP contribution < -0.4 is 11.5 Å². The Kier molecular flexibility index (Phi) is 2.87. The van der Waals surface area contributed by atoms with Gasteiger partial charge in [0, 0.05) is 35.8 Å². The number of nitrogens with two attached hydrogens (primary N) is 2. The molecule has 4 N–H and O–H groups in total. The molecule has 3 aliphatic rings. The summed E-state index contributed by atoms with van der Waals surface area (Å²) in [6, 6.07) is -0.678. The van der Waals surface area contributed by atoms with Crippen molar-refractivity contribution in [3.8, 4) is 0 Å². The number of Topliss-reactive ketones (excluding diaryl/α,β-unsaturated/α-hetero) is 2. The van der Waals surface area contributed by atoms with E-state index in [0.717, 1.165) is 25.7 Å². The third kappa shape index (κ3) is 1.59. The first-order valence-electron chi connectivity index (χ1n) is 6.88. The summed E-state index contributed by atoms with van der Waals surface area (Å²) in [4.78, 5) is 25.1. The summed E-state index contributed by atoms with van der Waals surface area (Å²) in [5, 5.41) is 0. The fourth-order valence-corrected chi connectivity index (χ4v) is 4.01. The lowest BCUT2D eigenvalue weighted by Gasteiger charge is -2.45. The largest absolute Gasteiger partial charge is 0.324 e. The van der Waals surface area contributed by atoms with E-state index < -0.39 is 0 Å². The Morgan fingerprint density at radius 1 is 0.833 bits per heavy atom. The van der Waals surface area contributed by atoms with Gasteiger partial charge in [-0.25, -0.2) is 0 Å². The summed E-state index contributed by atoms with van der Waals surface area (Å²) in [6.07, 6.45) is 7.39. The van der Waals surface area contributed by atoms with E-state index in [4.69, 9.17) is 11.5 Å². The first kappa shape index (κ1) is 12.1. The maximum atomic E-state index is 12.6. The molecule has 2 saturated carbocycles. The average molecular weight is 248 g/mol. The number of ketones is 2. The molecule has 3 aliphatic carbocycles. The molecule has 0 heterocycles. The number of carbonyl (C=O) groups excluding carboxylic acids is 2. The molecule has 0 aromatic carbocycles. The lowest BCUT2D eigenvalue weighted by atomic mass is 9.57. The summed E-state index contributed by atoms with van der Waals surface area (Å²) in [6.45, 7) is 0. The fourth-order valence-electron chi connectivity index (χ4n) is 4.01. The van der Waals surface area contributed by atoms with Crippen molar-refractivity contribution in [3.05, 3.63) is 12.2 Å². The predicted octanol–water partition coefficient (Wildman–Crippen LogP) is 0.401. The first-order valence-corrected chi connectivity index (χ1v) is 6.88. The van der Waals surface area contributed by atoms with Gasteiger partial charge in [-0.2, -0.15) is 0 Å². The number of hydrogen-bond acceptors (Lipinski definition) is 4. The molecule has 4 nitrogen and oxygen atoms in total. The van der Waals surface area contributed by atoms with Gasteiger partial charge in [-0.3, -0.25) is 9.59 Å². The van der Waals surface area contributed by atoms with Crippen LogP contribution in [0.25, 0.3) is 0 Å². The van der Waals surface area contributed by atoms with Gasteiger partial charge >= 0.3 is 0 Å². The van der Waals surface area contributed by atoms with Gasteiger partial charge < -0.3 is 11.5 Å². The SMILES string of the molecule is NC1C=CC(N)C2C(=O)C3CCCCC3C(=O)C12. The van der Waals surface area contributed by atoms with Crippen molar-refractivity contribution in [1.29, 1.82) is 0 Å². The Hall–Kier alpha value is -1.00. The second-order valence-electron chi connectivity index (χ2n) is 5.89. The van der Waals surface area contributed by atoms with Crippen LogP contribution in [-0.4, -0.2) is 23.7 Å². The van der Waals surface area contributed by atoms with Gasteiger partial charge in [0.05, 0.1) is 0 Å². The molecule has 0 aliphatic heterocycles. The van der Waals surface area contributed by atoms with E-state index in [9.17, 15) is 9.59 Å². The monoisotopic (exact) mass is 248 g/mol. The Labute approximate surface area is 107 Å². The Bertz CT molecular complexity index is 380. The van der Waals surface area contributed by atoms with Crippen molar-refractivity contribution >= 4 is 11.6 Å². The van der Waals surface area contributed by atoms with Gasteiger partial charge in [-0.15, -0.1) is 0 Å². The molecule has 2 fully saturated rings. The molecule has 6 atom stereocenters. The second kappa shape index (κ2) is 4.28. The van der Waals surface area contributed by atoms with Crippen LogP contribution in [0.5, 0.6) is 0 Å². The molecule has 0 bridgehead atoms. The maximum Gasteiger partial charge on any atom is 0.142 e. The minimum atomic E-state index is -0.378. The van der Waals surface area contributed by atoms with Crippen LogP contribution in [-0.2, 0) is 9.59 Å². The van der Waals surface area contributed by atoms with Crippen molar-refractivity contribution in [3.63, 3.8) is 0 Å². The third-order valence-electron chi connectivity index (χ3n) is 4.93. The molecule has 0 aromatic rings. The minimum Gasteiger partial charge on any atom is -0.324 e. The highest BCUT2D eigenvalue weighted by Gasteiger charge is 2.53. The van der Waals surface area contributed by atoms with Crippen LogP contribution in [0.15, 0.2) is 12.2 Å². The highest BCUT2D eigenvalue weighted by molar-refractivity contribution is 6.01. The fraction of sp³-hybridized carbons (Fsp3) is 0.714. The molecule has 0 aromatic heterocycles. The van der Waals surface area contributed by atoms with Gasteiger partial charge in [0.15, 0.2) is 0 Å². The van der Waals surface area contributed by atoms with E-state index in [1.807, 2.05) is 0 Å². The van der Waals surface area contributed by atoms with E-state index in [2.05, 4.69) is 0 Å². The highest BCUT2D eigenvalue weighted by atomic mass is 16.1. The van der Waals surface area contributed by atoms with Crippen molar-refractivity contribution in [1.82, 2.24) is 0 Å². The summed E-state index contributed by atoms with van der Waals surface area (Å²) < 4.78 is 0. The minimum absolute atomic E-state index is 0.0859. The van der Waals surface area contributed by atoms with Gasteiger partial charge in [-0.1, -0.05) is 25.0 Å². The number of hydrogen-bond donors (Lipinski definition) is 2. The van der Waals surface area contributed by atoms with Crippen molar-refractivity contribution in [2.45, 2.75) is 37.8 Å². The molecule has 6 unspecified atom stereocenters. The van der Waals surface area contributed by atoms with E-state index in [1.54, 1.807) is 12.2 Å². The lowest BCUT2D eigenvalue weighted by Crippen LogP contribution is -2.60. The average Bonchev–Trinajstić information content (AvgIpc) is 2.38. The van der Waals surface area contributed by atoms with Crippen LogP contribution in [0, 0.1) is 23.7 Å². The number of carbonyl (C=O) groups is 2. The van der Waals surface area contributed by atoms with Crippen molar-refractivity contribution < 1.29 is 9.59 Å². The normalized spacial score (nSPS) is 47.7. The Balaban J connectivity index is 1.99. The summed E-state index contributed by atoms with van der Waals surface area (Å²) in [5.74, 6) is -0.545. The molecule has 4 heteroatoms. The van der Waals surface area contributed by atoms with Crippen LogP contribution >= 0.6 is 0 Å². The molecular formula is C14H20N2O2. The quantitative estimate of drug-likeness (QED) is 0.608. The summed E-state index contributed by atoms with van der Waals surface area (Å²) >= 11 is 0. The lowest BCUT2D eigenvalue weighted by molar-refractivity contribution is -0.150. The maximum absolute atomic E-state index is 12.6. The molecule has 0 radical (unpaired) electrons. The first-order chi connectivity index (χ1) is 8.61. The number of rotatable bonds is 0. The molecule has 18 heavy (non-hydrogen) atoms. The molecule has 3 rings (SSSR count). The van der Waals surface area contributed by atoms with Crippen molar-refractivity contribution in [2.24, 2.45) is 35.1 Å². The molecular weight excluding hydrogens is 228 g/mol. The van der Waals surface area contributed by atoms with Gasteiger partial charge in [-0.05, 0) is 12.8 Å². The van der Waals surface area contributed by atoms with E-state index >= 15 is 0 Å². The molecule has 98 valence electrons. The highest BCUT2D eigenvalue weighted by Crippen LogP contribution is 2.44. The van der Waals surface area contributed by atoms with Gasteiger partial charge in [0.25, 0.3) is 0 Å². The van der Waals surface area contributed by atoms with E-state index in [1.165, 1.54) is 0 Å². The van der Waals surface area contributed by atoms with Crippen LogP contribution in [0.3, 0.4) is 0 Å². The smallest absolute Gasteiger partial charge is 0.142 e. The zero-order chi connectivity index (χ0) is 12.9. The molecule has 0 spiro atoms. The Morgan fingerprint density at radius 3 is 1.61 bits per heavy atom.